The molecule has 2 heterocycles. The van der Waals surface area contributed by atoms with Gasteiger partial charge in [-0.2, -0.15) is 0 Å². The minimum atomic E-state index is -0.0192. The summed E-state index contributed by atoms with van der Waals surface area (Å²) in [7, 11) is 0. The lowest BCUT2D eigenvalue weighted by atomic mass is 10.00. The first-order valence-electron chi connectivity index (χ1n) is 6.75. The SMILES string of the molecule is CCc1c(C)nc(NCC2CCCNC2)[nH]c1=O.Cl.O. The standard InChI is InChI=1S/C13H22N4O.ClH.H2O/c1-3-11-9(2)16-13(17-12(11)18)15-8-10-5-4-6-14-7-10;;/h10,14H,3-8H2,1-2H3,(H2,15,16,17,18);1H;1H2. The maximum atomic E-state index is 11.8. The van der Waals surface area contributed by atoms with E-state index in [4.69, 9.17) is 0 Å². The lowest BCUT2D eigenvalue weighted by Gasteiger charge is -2.23. The Bertz CT molecular complexity index is 458. The summed E-state index contributed by atoms with van der Waals surface area (Å²) < 4.78 is 0. The lowest BCUT2D eigenvalue weighted by Crippen LogP contribution is -2.34. The van der Waals surface area contributed by atoms with Crippen LogP contribution in [0.2, 0.25) is 0 Å². The molecule has 1 aliphatic heterocycles. The van der Waals surface area contributed by atoms with E-state index in [9.17, 15) is 4.79 Å². The van der Waals surface area contributed by atoms with Crippen molar-refractivity contribution in [2.24, 2.45) is 5.92 Å². The van der Waals surface area contributed by atoms with Crippen molar-refractivity contribution >= 4 is 18.4 Å². The zero-order chi connectivity index (χ0) is 13.0. The second kappa shape index (κ2) is 8.94. The first-order chi connectivity index (χ1) is 8.70. The van der Waals surface area contributed by atoms with Crippen LogP contribution in [0.25, 0.3) is 0 Å². The van der Waals surface area contributed by atoms with Crippen molar-refractivity contribution in [3.63, 3.8) is 0 Å². The van der Waals surface area contributed by atoms with Crippen molar-refractivity contribution in [2.75, 3.05) is 25.0 Å². The predicted molar refractivity (Wildman–Crippen MR) is 83.9 cm³/mol. The van der Waals surface area contributed by atoms with Crippen LogP contribution in [-0.4, -0.2) is 35.1 Å². The molecule has 1 aromatic heterocycles. The number of hydrogen-bond donors (Lipinski definition) is 3. The number of halogens is 1. The van der Waals surface area contributed by atoms with E-state index < -0.39 is 0 Å². The maximum Gasteiger partial charge on any atom is 0.255 e. The van der Waals surface area contributed by atoms with Gasteiger partial charge in [-0.25, -0.2) is 4.98 Å². The van der Waals surface area contributed by atoms with E-state index >= 15 is 0 Å². The van der Waals surface area contributed by atoms with Gasteiger partial charge < -0.3 is 16.1 Å². The molecular formula is C13H25ClN4O2. The monoisotopic (exact) mass is 304 g/mol. The number of piperidine rings is 1. The van der Waals surface area contributed by atoms with E-state index in [1.54, 1.807) is 0 Å². The van der Waals surface area contributed by atoms with Crippen LogP contribution in [-0.2, 0) is 6.42 Å². The summed E-state index contributed by atoms with van der Waals surface area (Å²) in [4.78, 5) is 19.0. The second-order valence-electron chi connectivity index (χ2n) is 4.93. The van der Waals surface area contributed by atoms with Crippen LogP contribution in [0.5, 0.6) is 0 Å². The molecule has 20 heavy (non-hydrogen) atoms. The molecule has 0 aliphatic carbocycles. The number of anilines is 1. The minimum absolute atomic E-state index is 0. The molecule has 0 bridgehead atoms. The molecule has 2 rings (SSSR count). The zero-order valence-corrected chi connectivity index (χ0v) is 12.9. The Labute approximate surface area is 125 Å². The number of hydrogen-bond acceptors (Lipinski definition) is 4. The molecule has 0 amide bonds. The van der Waals surface area contributed by atoms with E-state index in [1.807, 2.05) is 13.8 Å². The Balaban J connectivity index is 0.00000180. The molecule has 1 fully saturated rings. The zero-order valence-electron chi connectivity index (χ0n) is 12.1. The van der Waals surface area contributed by atoms with Crippen LogP contribution >= 0.6 is 12.4 Å². The number of aromatic amines is 1. The Hall–Kier alpha value is -1.11. The third kappa shape index (κ3) is 4.77. The highest BCUT2D eigenvalue weighted by molar-refractivity contribution is 5.85. The van der Waals surface area contributed by atoms with Crippen LogP contribution in [0.1, 0.15) is 31.0 Å². The highest BCUT2D eigenvalue weighted by Gasteiger charge is 2.13. The van der Waals surface area contributed by atoms with E-state index in [1.165, 1.54) is 12.8 Å². The number of rotatable bonds is 4. The molecule has 0 spiro atoms. The summed E-state index contributed by atoms with van der Waals surface area (Å²) in [6, 6.07) is 0. The molecule has 1 aliphatic rings. The van der Waals surface area contributed by atoms with Crippen molar-refractivity contribution < 1.29 is 5.48 Å². The fourth-order valence-corrected chi connectivity index (χ4v) is 2.45. The van der Waals surface area contributed by atoms with Gasteiger partial charge in [-0.15, -0.1) is 12.4 Å². The van der Waals surface area contributed by atoms with E-state index in [-0.39, 0.29) is 23.4 Å². The molecule has 0 saturated carbocycles. The van der Waals surface area contributed by atoms with Crippen molar-refractivity contribution in [3.05, 3.63) is 21.6 Å². The highest BCUT2D eigenvalue weighted by Crippen LogP contribution is 2.10. The van der Waals surface area contributed by atoms with Gasteiger partial charge in [0.2, 0.25) is 5.95 Å². The van der Waals surface area contributed by atoms with Crippen molar-refractivity contribution in [1.29, 1.82) is 0 Å². The number of nitrogens with zero attached hydrogens (tertiary/aromatic N) is 1. The minimum Gasteiger partial charge on any atom is -0.412 e. The van der Waals surface area contributed by atoms with Crippen molar-refractivity contribution in [1.82, 2.24) is 15.3 Å². The van der Waals surface area contributed by atoms with Gasteiger partial charge in [0.25, 0.3) is 5.56 Å². The first-order valence-corrected chi connectivity index (χ1v) is 6.75. The smallest absolute Gasteiger partial charge is 0.255 e. The second-order valence-corrected chi connectivity index (χ2v) is 4.93. The maximum absolute atomic E-state index is 11.8. The van der Waals surface area contributed by atoms with Gasteiger partial charge in [-0.1, -0.05) is 6.92 Å². The average Bonchev–Trinajstić information content (AvgIpc) is 2.37. The van der Waals surface area contributed by atoms with Crippen LogP contribution in [0.15, 0.2) is 4.79 Å². The Kier molecular flexibility index (Phi) is 8.45. The summed E-state index contributed by atoms with van der Waals surface area (Å²) in [5, 5.41) is 6.62. The van der Waals surface area contributed by atoms with E-state index in [0.717, 1.165) is 37.3 Å². The topological polar surface area (TPSA) is 101 Å². The molecule has 0 aromatic carbocycles. The third-order valence-electron chi connectivity index (χ3n) is 3.53. The van der Waals surface area contributed by atoms with Crippen molar-refractivity contribution in [3.8, 4) is 0 Å². The molecule has 1 atom stereocenters. The van der Waals surface area contributed by atoms with Gasteiger partial charge in [-0.3, -0.25) is 9.78 Å². The Morgan fingerprint density at radius 2 is 2.20 bits per heavy atom. The highest BCUT2D eigenvalue weighted by atomic mass is 35.5. The summed E-state index contributed by atoms with van der Waals surface area (Å²) in [6.07, 6.45) is 3.18. The molecule has 0 radical (unpaired) electrons. The van der Waals surface area contributed by atoms with E-state index in [0.29, 0.717) is 11.9 Å². The Morgan fingerprint density at radius 1 is 1.45 bits per heavy atom. The van der Waals surface area contributed by atoms with Crippen LogP contribution in [0, 0.1) is 12.8 Å². The number of aromatic nitrogens is 2. The molecule has 116 valence electrons. The number of aryl methyl sites for hydroxylation is 1. The lowest BCUT2D eigenvalue weighted by molar-refractivity contribution is 0.392. The van der Waals surface area contributed by atoms with Gasteiger partial charge >= 0.3 is 0 Å². The molecule has 6 nitrogen and oxygen atoms in total. The van der Waals surface area contributed by atoms with Crippen molar-refractivity contribution in [2.45, 2.75) is 33.1 Å². The summed E-state index contributed by atoms with van der Waals surface area (Å²) in [6.45, 7) is 6.89. The first kappa shape index (κ1) is 18.9. The van der Waals surface area contributed by atoms with Crippen LogP contribution in [0.4, 0.5) is 5.95 Å². The molecule has 1 saturated heterocycles. The number of nitrogens with one attached hydrogen (secondary N) is 3. The molecule has 1 aromatic rings. The van der Waals surface area contributed by atoms with Crippen LogP contribution in [0.3, 0.4) is 0 Å². The van der Waals surface area contributed by atoms with Gasteiger partial charge in [-0.05, 0) is 45.2 Å². The average molecular weight is 305 g/mol. The van der Waals surface area contributed by atoms with E-state index in [2.05, 4.69) is 20.6 Å². The summed E-state index contributed by atoms with van der Waals surface area (Å²) >= 11 is 0. The summed E-state index contributed by atoms with van der Waals surface area (Å²) in [5.74, 6) is 1.22. The molecule has 1 unspecified atom stereocenters. The van der Waals surface area contributed by atoms with Gasteiger partial charge in [0.15, 0.2) is 0 Å². The predicted octanol–water partition coefficient (Wildman–Crippen LogP) is 0.649. The van der Waals surface area contributed by atoms with Gasteiger partial charge in [0.1, 0.15) is 0 Å². The summed E-state index contributed by atoms with van der Waals surface area (Å²) in [5.41, 5.74) is 1.58. The molecule has 5 N–H and O–H groups in total. The Morgan fingerprint density at radius 3 is 2.75 bits per heavy atom. The quantitative estimate of drug-likeness (QED) is 0.760. The van der Waals surface area contributed by atoms with Gasteiger partial charge in [0.05, 0.1) is 0 Å². The van der Waals surface area contributed by atoms with Crippen LogP contribution < -0.4 is 16.2 Å². The molecular weight excluding hydrogens is 280 g/mol. The fraction of sp³-hybridized carbons (Fsp3) is 0.692. The normalized spacial score (nSPS) is 17.8. The largest absolute Gasteiger partial charge is 0.412 e. The third-order valence-corrected chi connectivity index (χ3v) is 3.53. The fourth-order valence-electron chi connectivity index (χ4n) is 2.45. The molecule has 7 heteroatoms. The number of H-pyrrole nitrogens is 1. The van der Waals surface area contributed by atoms with Gasteiger partial charge in [0, 0.05) is 17.8 Å².